The van der Waals surface area contributed by atoms with Crippen molar-refractivity contribution in [2.75, 3.05) is 55.4 Å². The third-order valence-corrected chi connectivity index (χ3v) is 16.2. The van der Waals surface area contributed by atoms with E-state index in [9.17, 15) is 77.4 Å². The number of nitrogens with one attached hydrogen (secondary N) is 5. The number of carbonyl (C=O) groups excluding carboxylic acids is 4. The predicted molar refractivity (Wildman–Crippen MR) is 275 cm³/mol. The maximum atomic E-state index is 13.2. The van der Waals surface area contributed by atoms with Crippen LogP contribution in [0.25, 0.3) is 11.2 Å². The number of phosphoric ester groups is 3. The monoisotopic (exact) mass is 1190 g/mol. The van der Waals surface area contributed by atoms with Gasteiger partial charge >= 0.3 is 29.4 Å². The van der Waals surface area contributed by atoms with Gasteiger partial charge in [0.15, 0.2) is 17.7 Å². The van der Waals surface area contributed by atoms with Crippen LogP contribution in [-0.4, -0.2) is 162 Å². The van der Waals surface area contributed by atoms with Crippen LogP contribution in [0.3, 0.4) is 0 Å². The van der Waals surface area contributed by atoms with E-state index in [1.54, 1.807) is 24.3 Å². The number of fused-ring (bicyclic) bond motifs is 2. The van der Waals surface area contributed by atoms with Gasteiger partial charge in [-0.2, -0.15) is 9.29 Å². The Morgan fingerprint density at radius 2 is 1.70 bits per heavy atom. The second-order valence-corrected chi connectivity index (χ2v) is 24.0. The van der Waals surface area contributed by atoms with Crippen LogP contribution < -0.4 is 38.3 Å². The minimum Gasteiger partial charge on any atom is -0.481 e. The molecule has 0 saturated carbocycles. The Labute approximate surface area is 451 Å². The van der Waals surface area contributed by atoms with Crippen LogP contribution in [0.2, 0.25) is 0 Å². The number of aliphatic carboxylic acids is 1. The summed E-state index contributed by atoms with van der Waals surface area (Å²) in [6.45, 7) is 0.500. The van der Waals surface area contributed by atoms with Crippen LogP contribution in [0.5, 0.6) is 0 Å². The maximum absolute atomic E-state index is 13.2. The highest BCUT2D eigenvalue weighted by atomic mass is 32.2. The third kappa shape index (κ3) is 17.8. The molecule has 1 fully saturated rings. The molecule has 0 radical (unpaired) electrons. The van der Waals surface area contributed by atoms with Crippen molar-refractivity contribution in [1.82, 2.24) is 45.4 Å². The first kappa shape index (κ1) is 62.4. The van der Waals surface area contributed by atoms with Crippen LogP contribution >= 0.6 is 35.2 Å². The van der Waals surface area contributed by atoms with Crippen LogP contribution in [-0.2, 0) is 68.3 Å². The van der Waals surface area contributed by atoms with Gasteiger partial charge in [-0.1, -0.05) is 37.7 Å². The van der Waals surface area contributed by atoms with Crippen molar-refractivity contribution in [2.24, 2.45) is 11.3 Å². The summed E-state index contributed by atoms with van der Waals surface area (Å²) in [5, 5.41) is 41.0. The summed E-state index contributed by atoms with van der Waals surface area (Å²) in [5.41, 5.74) is 11.2. The predicted octanol–water partition coefficient (Wildman–Crippen LogP) is -0.789. The van der Waals surface area contributed by atoms with Gasteiger partial charge < -0.3 is 72.4 Å². The lowest BCUT2D eigenvalue weighted by Crippen LogP contribution is -2.46. The molecule has 6 rings (SSSR count). The summed E-state index contributed by atoms with van der Waals surface area (Å²) in [5.74, 6) is -2.86. The molecule has 33 nitrogen and oxygen atoms in total. The van der Waals surface area contributed by atoms with Gasteiger partial charge in [-0.25, -0.2) is 28.6 Å². The number of H-pyrrole nitrogens is 1. The van der Waals surface area contributed by atoms with Crippen molar-refractivity contribution in [3.8, 4) is 0 Å². The molecule has 3 aromatic heterocycles. The summed E-state index contributed by atoms with van der Waals surface area (Å²) in [7, 11) is -16.6. The first-order valence-electron chi connectivity index (χ1n) is 23.8. The first-order valence-corrected chi connectivity index (χ1v) is 29.3. The summed E-state index contributed by atoms with van der Waals surface area (Å²) in [6, 6.07) is 5.49. The number of amides is 3. The number of nitrogen functional groups attached to an aromatic ring is 2. The number of ether oxygens (including phenoxy) is 1. The van der Waals surface area contributed by atoms with Crippen molar-refractivity contribution in [1.29, 1.82) is 0 Å². The molecule has 9 unspecified atom stereocenters. The normalized spacial score (nSPS) is 20.7. The second-order valence-electron chi connectivity index (χ2n) is 18.7. The van der Waals surface area contributed by atoms with Crippen LogP contribution in [0, 0.1) is 11.3 Å². The fourth-order valence-corrected chi connectivity index (χ4v) is 11.6. The number of benzene rings is 1. The Morgan fingerprint density at radius 3 is 2.39 bits per heavy atom. The number of imidazole rings is 1. The van der Waals surface area contributed by atoms with E-state index in [2.05, 4.69) is 55.0 Å². The zero-order valence-corrected chi connectivity index (χ0v) is 45.5. The van der Waals surface area contributed by atoms with Gasteiger partial charge in [0.1, 0.15) is 42.1 Å². The van der Waals surface area contributed by atoms with Crippen molar-refractivity contribution in [3.63, 3.8) is 0 Å². The fraction of sp³-hybridized carbons (Fsp3) is 0.524. The van der Waals surface area contributed by atoms with Crippen LogP contribution in [0.4, 0.5) is 17.6 Å². The van der Waals surface area contributed by atoms with Gasteiger partial charge in [0.2, 0.25) is 22.9 Å². The Hall–Kier alpha value is -5.80. The van der Waals surface area contributed by atoms with E-state index >= 15 is 0 Å². The van der Waals surface area contributed by atoms with Crippen molar-refractivity contribution in [3.05, 3.63) is 64.0 Å². The molecule has 1 saturated heterocycles. The average Bonchev–Trinajstić information content (AvgIpc) is 3.95. The minimum atomic E-state index is -5.64. The Kier molecular flexibility index (Phi) is 21.0. The number of phosphoric acid groups is 3. The van der Waals surface area contributed by atoms with Crippen LogP contribution in [0.1, 0.15) is 67.2 Å². The Morgan fingerprint density at radius 1 is 0.987 bits per heavy atom. The van der Waals surface area contributed by atoms with Gasteiger partial charge in [-0.15, -0.1) is 0 Å². The number of hydrogen-bond acceptors (Lipinski definition) is 24. The number of aromatic amines is 1. The molecule has 37 heteroatoms. The van der Waals surface area contributed by atoms with Gasteiger partial charge in [-0.05, 0) is 49.3 Å². The molecule has 5 heterocycles. The quantitative estimate of drug-likeness (QED) is 0.0245. The molecule has 0 aliphatic carbocycles. The third-order valence-electron chi connectivity index (χ3n) is 12.1. The molecule has 0 spiro atoms. The number of aliphatic hydroxyl groups excluding tert-OH is 2. The molecular weight excluding hydrogens is 1130 g/mol. The number of aromatic nitrogens is 6. The van der Waals surface area contributed by atoms with E-state index in [1.165, 1.54) is 13.8 Å². The van der Waals surface area contributed by atoms with Gasteiger partial charge in [0, 0.05) is 49.2 Å². The van der Waals surface area contributed by atoms with Gasteiger partial charge in [-0.3, -0.25) is 51.9 Å². The van der Waals surface area contributed by atoms with Gasteiger partial charge in [0.05, 0.1) is 31.1 Å². The first-order chi connectivity index (χ1) is 37.0. The van der Waals surface area contributed by atoms with E-state index in [-0.39, 0.29) is 71.7 Å². The van der Waals surface area contributed by atoms with E-state index in [1.807, 2.05) is 0 Å². The topological polar surface area (TPSA) is 514 Å². The average molecular weight is 1190 g/mol. The Bertz CT molecular complexity index is 3080. The number of carbonyl (C=O) groups is 5. The highest BCUT2D eigenvalue weighted by molar-refractivity contribution is 8.13. The number of carboxylic acid groups (broad SMARTS) is 1. The number of anilines is 3. The summed E-state index contributed by atoms with van der Waals surface area (Å²) in [6.07, 6.45) is -6.09. The van der Waals surface area contributed by atoms with E-state index in [0.29, 0.717) is 30.8 Å². The number of nitrogens with two attached hydrogens (primary N) is 2. The molecule has 1 aromatic carbocycles. The minimum absolute atomic E-state index is 0.00504. The van der Waals surface area contributed by atoms with Crippen LogP contribution in [0.15, 0.2) is 41.7 Å². The zero-order chi connectivity index (χ0) is 58.0. The molecule has 2 aliphatic rings. The summed E-state index contributed by atoms with van der Waals surface area (Å²) < 4.78 is 62.6. The molecule has 4 aromatic rings. The lowest BCUT2D eigenvalue weighted by atomic mass is 9.87. The van der Waals surface area contributed by atoms with Crippen molar-refractivity contribution >= 4 is 92.8 Å². The zero-order valence-electron chi connectivity index (χ0n) is 42.0. The maximum Gasteiger partial charge on any atom is 0.481 e. The number of hydrogen-bond donors (Lipinski definition) is 14. The molecular formula is C42H59N12O21P3S. The van der Waals surface area contributed by atoms with E-state index in [0.717, 1.165) is 41.0 Å². The molecule has 79 heavy (non-hydrogen) atoms. The van der Waals surface area contributed by atoms with E-state index < -0.39 is 114 Å². The number of nitrogens with zero attached hydrogens (tertiary/aromatic N) is 5. The summed E-state index contributed by atoms with van der Waals surface area (Å²) in [4.78, 5) is 133. The summed E-state index contributed by atoms with van der Waals surface area (Å²) >= 11 is 0.743. The number of aliphatic hydroxyl groups is 2. The Balaban J connectivity index is 0.887. The van der Waals surface area contributed by atoms with Crippen molar-refractivity contribution in [2.45, 2.75) is 89.1 Å². The lowest BCUT2D eigenvalue weighted by molar-refractivity contribution is -0.138. The largest absolute Gasteiger partial charge is 0.481 e. The number of thioether (sulfide) groups is 1. The number of carboxylic acids is 1. The lowest BCUT2D eigenvalue weighted by Gasteiger charge is -2.30. The van der Waals surface area contributed by atoms with E-state index in [4.69, 9.17) is 25.3 Å². The smallest absolute Gasteiger partial charge is 0.481 e. The highest BCUT2D eigenvalue weighted by Gasteiger charge is 2.50. The van der Waals surface area contributed by atoms with Crippen molar-refractivity contribution < 1.29 is 95.2 Å². The fourth-order valence-electron chi connectivity index (χ4n) is 7.99. The molecule has 9 atom stereocenters. The molecule has 2 aliphatic heterocycles. The number of aryl methyl sites for hydroxylation is 1. The number of rotatable bonds is 28. The SMILES string of the molecule is CC(C)(COP(=O)(O)OP(=O)(O)OCC1OC(n2cnc3c(N)ncnc32)C(O)C1OP(=O)(O)O)C(O)C(=O)NCCC(=O)NCCSC(=O)C(CCC(=O)O)NC(=O)c1ccc(CCC2CNc3nc(N)[nH]c(=O)c3C2)cc1. The molecule has 434 valence electrons. The van der Waals surface area contributed by atoms with Gasteiger partial charge in [0.25, 0.3) is 11.5 Å². The highest BCUT2D eigenvalue weighted by Crippen LogP contribution is 2.61. The molecule has 16 N–H and O–H groups in total. The molecule has 3 amide bonds. The standard InChI is InChI=1S/C42H59N12O21P3S/c1-42(2,18-72-78(69,70)75-77(67,68)71-17-26-31(74-76(64,65)66)30(58)39(73-26)54-20-50-29-33(43)48-19-49-35(29)54)32(59)38(62)46-12-11-27(55)45-13-14-79-40(63)25(9-10-28(56)57)51-36(60)23-7-5-21(6-8-23)3-4-22-15-24-34(47-16-22)52-41(44)53-37(24)61/h5-8,19-20,22,25-26,30-32,39,58-59H,3-4,9-18H2,1-2H3,(H,45,55)(H,46,62)(H,51,60)(H,56,57)(H,67,68)(H,69,70)(H2,43,48,49)(H2,64,65,66)(H4,44,47,52,53,61). The second kappa shape index (κ2) is 26.6. The molecule has 0 bridgehead atoms.